The summed E-state index contributed by atoms with van der Waals surface area (Å²) >= 11 is 1.60. The smallest absolute Gasteiger partial charge is 0.322 e. The zero-order chi connectivity index (χ0) is 28.6. The van der Waals surface area contributed by atoms with Gasteiger partial charge < -0.3 is 29.3 Å². The fourth-order valence-electron chi connectivity index (χ4n) is 4.68. The van der Waals surface area contributed by atoms with Gasteiger partial charge in [0.2, 0.25) is 12.7 Å². The van der Waals surface area contributed by atoms with Gasteiger partial charge in [-0.25, -0.2) is 4.79 Å². The second-order valence-corrected chi connectivity index (χ2v) is 11.5. The SMILES string of the molecule is COCCN(CC(=O)N(Cc1ccc2c(c1)OCO2)Cc1cccs1)C(=O)Nc1c(C(C)C)cccc1C(C)C. The minimum Gasteiger partial charge on any atom is -0.454 e. The van der Waals surface area contributed by atoms with Crippen LogP contribution in [0.1, 0.15) is 61.1 Å². The van der Waals surface area contributed by atoms with Crippen LogP contribution in [0.15, 0.2) is 53.9 Å². The number of hydrogen-bond acceptors (Lipinski definition) is 6. The Bertz CT molecular complexity index is 1270. The average molecular weight is 566 g/mol. The molecule has 8 nitrogen and oxygen atoms in total. The molecule has 0 atom stereocenters. The molecule has 1 N–H and O–H groups in total. The van der Waals surface area contributed by atoms with E-state index in [1.807, 2.05) is 53.9 Å². The Balaban J connectivity index is 1.56. The maximum atomic E-state index is 13.8. The molecule has 40 heavy (non-hydrogen) atoms. The van der Waals surface area contributed by atoms with E-state index in [9.17, 15) is 9.59 Å². The number of anilines is 1. The molecular weight excluding hydrogens is 526 g/mol. The third kappa shape index (κ3) is 7.34. The molecule has 1 aliphatic rings. The van der Waals surface area contributed by atoms with Gasteiger partial charge >= 0.3 is 6.03 Å². The number of nitrogens with one attached hydrogen (secondary N) is 1. The maximum Gasteiger partial charge on any atom is 0.322 e. The van der Waals surface area contributed by atoms with Gasteiger partial charge in [0.15, 0.2) is 11.5 Å². The fraction of sp³-hybridized carbons (Fsp3) is 0.419. The molecule has 0 saturated carbocycles. The van der Waals surface area contributed by atoms with E-state index in [2.05, 4.69) is 33.0 Å². The highest BCUT2D eigenvalue weighted by Gasteiger charge is 2.25. The topological polar surface area (TPSA) is 80.3 Å². The summed E-state index contributed by atoms with van der Waals surface area (Å²) in [7, 11) is 1.59. The van der Waals surface area contributed by atoms with Gasteiger partial charge in [0, 0.05) is 30.8 Å². The van der Waals surface area contributed by atoms with Crippen molar-refractivity contribution in [2.24, 2.45) is 0 Å². The van der Waals surface area contributed by atoms with Crippen molar-refractivity contribution in [1.29, 1.82) is 0 Å². The number of ether oxygens (including phenoxy) is 3. The lowest BCUT2D eigenvalue weighted by Gasteiger charge is -2.29. The predicted molar refractivity (Wildman–Crippen MR) is 158 cm³/mol. The lowest BCUT2D eigenvalue weighted by molar-refractivity contribution is -0.133. The first-order valence-corrected chi connectivity index (χ1v) is 14.5. The molecule has 4 rings (SSSR count). The van der Waals surface area contributed by atoms with E-state index in [4.69, 9.17) is 14.2 Å². The summed E-state index contributed by atoms with van der Waals surface area (Å²) in [5.74, 6) is 1.67. The Morgan fingerprint density at radius 3 is 2.33 bits per heavy atom. The van der Waals surface area contributed by atoms with Crippen molar-refractivity contribution >= 4 is 29.0 Å². The van der Waals surface area contributed by atoms with Gasteiger partial charge in [-0.1, -0.05) is 58.0 Å². The molecule has 0 radical (unpaired) electrons. The minimum atomic E-state index is -0.320. The summed E-state index contributed by atoms with van der Waals surface area (Å²) < 4.78 is 16.3. The lowest BCUT2D eigenvalue weighted by Crippen LogP contribution is -2.45. The van der Waals surface area contributed by atoms with Crippen molar-refractivity contribution in [3.8, 4) is 11.5 Å². The number of hydrogen-bond donors (Lipinski definition) is 1. The number of methoxy groups -OCH3 is 1. The van der Waals surface area contributed by atoms with E-state index in [0.29, 0.717) is 31.2 Å². The number of benzene rings is 2. The first-order valence-electron chi connectivity index (χ1n) is 13.6. The van der Waals surface area contributed by atoms with Gasteiger partial charge in [-0.2, -0.15) is 0 Å². The zero-order valence-electron chi connectivity index (χ0n) is 23.9. The van der Waals surface area contributed by atoms with E-state index in [1.54, 1.807) is 23.3 Å². The Morgan fingerprint density at radius 1 is 0.950 bits per heavy atom. The monoisotopic (exact) mass is 565 g/mol. The minimum absolute atomic E-state index is 0.0774. The lowest BCUT2D eigenvalue weighted by atomic mass is 9.93. The molecule has 1 aromatic heterocycles. The largest absolute Gasteiger partial charge is 0.454 e. The number of amides is 3. The van der Waals surface area contributed by atoms with Gasteiger partial charge in [0.05, 0.1) is 13.2 Å². The van der Waals surface area contributed by atoms with Crippen LogP contribution in [0.5, 0.6) is 11.5 Å². The predicted octanol–water partition coefficient (Wildman–Crippen LogP) is 6.43. The molecule has 9 heteroatoms. The third-order valence-electron chi connectivity index (χ3n) is 6.87. The van der Waals surface area contributed by atoms with Crippen molar-refractivity contribution in [2.45, 2.75) is 52.6 Å². The Hall–Kier alpha value is -3.56. The average Bonchev–Trinajstić information content (AvgIpc) is 3.62. The number of para-hydroxylation sites is 1. The molecule has 0 aliphatic carbocycles. The molecule has 3 amide bonds. The van der Waals surface area contributed by atoms with Crippen molar-refractivity contribution < 1.29 is 23.8 Å². The van der Waals surface area contributed by atoms with Crippen LogP contribution in [-0.4, -0.2) is 55.3 Å². The van der Waals surface area contributed by atoms with Crippen LogP contribution in [0.4, 0.5) is 10.5 Å². The molecule has 214 valence electrons. The third-order valence-corrected chi connectivity index (χ3v) is 7.73. The van der Waals surface area contributed by atoms with Crippen LogP contribution in [0.3, 0.4) is 0 Å². The number of carbonyl (C=O) groups excluding carboxylic acids is 2. The maximum absolute atomic E-state index is 13.8. The first-order chi connectivity index (χ1) is 19.3. The normalized spacial score (nSPS) is 12.2. The molecule has 0 fully saturated rings. The molecular formula is C31H39N3O5S. The molecule has 0 unspecified atom stereocenters. The van der Waals surface area contributed by atoms with Crippen LogP contribution in [0.2, 0.25) is 0 Å². The highest BCUT2D eigenvalue weighted by Crippen LogP contribution is 2.34. The summed E-state index contributed by atoms with van der Waals surface area (Å²) in [5, 5.41) is 5.15. The molecule has 0 spiro atoms. The zero-order valence-corrected chi connectivity index (χ0v) is 24.8. The van der Waals surface area contributed by atoms with E-state index in [0.717, 1.165) is 27.3 Å². The summed E-state index contributed by atoms with van der Waals surface area (Å²) in [4.78, 5) is 31.9. The molecule has 0 saturated heterocycles. The van der Waals surface area contributed by atoms with Crippen molar-refractivity contribution in [3.63, 3.8) is 0 Å². The Labute approximate surface area is 240 Å². The van der Waals surface area contributed by atoms with Crippen LogP contribution in [0, 0.1) is 0 Å². The molecule has 1 aliphatic heterocycles. The van der Waals surface area contributed by atoms with E-state index in [-0.39, 0.29) is 43.7 Å². The van der Waals surface area contributed by atoms with Gasteiger partial charge in [-0.05, 0) is 52.1 Å². The van der Waals surface area contributed by atoms with Crippen LogP contribution in [0.25, 0.3) is 0 Å². The van der Waals surface area contributed by atoms with Crippen LogP contribution in [-0.2, 0) is 22.6 Å². The highest BCUT2D eigenvalue weighted by atomic mass is 32.1. The van der Waals surface area contributed by atoms with Gasteiger partial charge in [0.1, 0.15) is 6.54 Å². The van der Waals surface area contributed by atoms with Crippen LogP contribution < -0.4 is 14.8 Å². The number of carbonyl (C=O) groups is 2. The molecule has 2 heterocycles. The molecule has 0 bridgehead atoms. The van der Waals surface area contributed by atoms with Crippen molar-refractivity contribution in [1.82, 2.24) is 9.80 Å². The highest BCUT2D eigenvalue weighted by molar-refractivity contribution is 7.09. The van der Waals surface area contributed by atoms with Crippen molar-refractivity contribution in [2.75, 3.05) is 38.9 Å². The number of thiophene rings is 1. The Morgan fingerprint density at radius 2 is 1.68 bits per heavy atom. The molecule has 2 aromatic carbocycles. The summed E-state index contributed by atoms with van der Waals surface area (Å²) in [6.45, 7) is 9.98. The molecule has 3 aromatic rings. The van der Waals surface area contributed by atoms with Gasteiger partial charge in [-0.15, -0.1) is 11.3 Å². The number of nitrogens with zero attached hydrogens (tertiary/aromatic N) is 2. The summed E-state index contributed by atoms with van der Waals surface area (Å²) in [5.41, 5.74) is 3.89. The first kappa shape index (κ1) is 29.4. The quantitative estimate of drug-likeness (QED) is 0.274. The van der Waals surface area contributed by atoms with E-state index in [1.165, 1.54) is 4.90 Å². The fourth-order valence-corrected chi connectivity index (χ4v) is 5.40. The second kappa shape index (κ2) is 13.7. The second-order valence-electron chi connectivity index (χ2n) is 10.5. The van der Waals surface area contributed by atoms with Gasteiger partial charge in [0.25, 0.3) is 0 Å². The van der Waals surface area contributed by atoms with E-state index < -0.39 is 0 Å². The van der Waals surface area contributed by atoms with Crippen LogP contribution >= 0.6 is 11.3 Å². The van der Waals surface area contributed by atoms with E-state index >= 15 is 0 Å². The summed E-state index contributed by atoms with van der Waals surface area (Å²) in [6, 6.07) is 15.5. The Kier molecular flexibility index (Phi) is 10.1. The standard InChI is InChI=1S/C31H39N3O5S/c1-21(2)25-9-6-10-26(22(3)4)30(25)32-31(36)33(13-14-37-5)19-29(35)34(18-24-8-7-15-40-24)17-23-11-12-27-28(16-23)39-20-38-27/h6-12,15-16,21-22H,13-14,17-20H2,1-5H3,(H,32,36). The van der Waals surface area contributed by atoms with Crippen molar-refractivity contribution in [3.05, 3.63) is 75.5 Å². The summed E-state index contributed by atoms with van der Waals surface area (Å²) in [6.07, 6.45) is 0. The number of urea groups is 1. The van der Waals surface area contributed by atoms with Gasteiger partial charge in [-0.3, -0.25) is 4.79 Å². The number of rotatable bonds is 12. The number of fused-ring (bicyclic) bond motifs is 1.